The number of carboxylic acids is 1. The van der Waals surface area contributed by atoms with Gasteiger partial charge in [0.2, 0.25) is 0 Å². The number of hydrogen-bond donors (Lipinski definition) is 2. The maximum atomic E-state index is 13.2. The Morgan fingerprint density at radius 2 is 1.84 bits per heavy atom. The molecule has 0 heterocycles. The molecule has 6 atom stereocenters. The molecule has 0 saturated heterocycles. The number of ketones is 1. The fourth-order valence-electron chi connectivity index (χ4n) is 6.63. The van der Waals surface area contributed by atoms with E-state index in [0.717, 1.165) is 32.1 Å². The van der Waals surface area contributed by atoms with Crippen LogP contribution in [0.25, 0.3) is 0 Å². The first kappa shape index (κ1) is 23.9. The van der Waals surface area contributed by atoms with E-state index in [1.54, 1.807) is 0 Å². The van der Waals surface area contributed by atoms with Gasteiger partial charge in [0.05, 0.1) is 12.5 Å². The molecule has 0 aromatic rings. The number of rotatable bonds is 7. The molecular weight excluding hydrogens is 388 g/mol. The predicted octanol–water partition coefficient (Wildman–Crippen LogP) is 4.84. The second-order valence-corrected chi connectivity index (χ2v) is 10.2. The van der Waals surface area contributed by atoms with E-state index in [-0.39, 0.29) is 41.3 Å². The largest absolute Gasteiger partial charge is 0.481 e. The quantitative estimate of drug-likeness (QED) is 0.572. The summed E-state index contributed by atoms with van der Waals surface area (Å²) < 4.78 is 0. The van der Waals surface area contributed by atoms with Gasteiger partial charge in [0.1, 0.15) is 5.78 Å². The third-order valence-corrected chi connectivity index (χ3v) is 8.12. The number of Topliss-reactive ketones (excluding diaryl/α,β-unsaturated/α-hetero) is 1. The molecule has 0 aromatic carbocycles. The Balaban J connectivity index is 1.72. The van der Waals surface area contributed by atoms with Crippen LogP contribution in [-0.2, 0) is 9.59 Å². The Hall–Kier alpha value is -1.78. The number of aliphatic carboxylic acids is 1. The first-order valence-electron chi connectivity index (χ1n) is 12.2. The lowest BCUT2D eigenvalue weighted by Crippen LogP contribution is -2.33. The summed E-state index contributed by atoms with van der Waals surface area (Å²) in [7, 11) is 0. The average molecular weight is 427 g/mol. The molecule has 3 saturated carbocycles. The Morgan fingerprint density at radius 3 is 2.52 bits per heavy atom. The minimum absolute atomic E-state index is 0.0745. The number of carbonyl (C=O) groups is 2. The van der Waals surface area contributed by atoms with Crippen molar-refractivity contribution >= 4 is 11.8 Å². The smallest absolute Gasteiger partial charge is 0.304 e. The van der Waals surface area contributed by atoms with Crippen LogP contribution in [0.5, 0.6) is 0 Å². The molecule has 0 aromatic heterocycles. The van der Waals surface area contributed by atoms with E-state index in [4.69, 9.17) is 5.11 Å². The van der Waals surface area contributed by atoms with Crippen molar-refractivity contribution in [3.8, 4) is 23.7 Å². The van der Waals surface area contributed by atoms with Crippen molar-refractivity contribution in [3.63, 3.8) is 0 Å². The lowest BCUT2D eigenvalue weighted by Gasteiger charge is -2.39. The number of aliphatic hydroxyl groups excluding tert-OH is 1. The first-order chi connectivity index (χ1) is 14.9. The van der Waals surface area contributed by atoms with Crippen LogP contribution in [0.1, 0.15) is 90.9 Å². The van der Waals surface area contributed by atoms with Crippen LogP contribution in [0.4, 0.5) is 0 Å². The van der Waals surface area contributed by atoms with Gasteiger partial charge >= 0.3 is 5.97 Å². The highest BCUT2D eigenvalue weighted by Crippen LogP contribution is 2.63. The van der Waals surface area contributed by atoms with E-state index in [1.165, 1.54) is 19.3 Å². The topological polar surface area (TPSA) is 74.6 Å². The third-order valence-electron chi connectivity index (χ3n) is 8.12. The van der Waals surface area contributed by atoms with Crippen molar-refractivity contribution in [3.05, 3.63) is 0 Å². The van der Waals surface area contributed by atoms with Gasteiger partial charge in [0.25, 0.3) is 0 Å². The zero-order valence-electron chi connectivity index (χ0n) is 19.2. The highest BCUT2D eigenvalue weighted by atomic mass is 16.4. The molecule has 170 valence electrons. The summed E-state index contributed by atoms with van der Waals surface area (Å²) in [5.74, 6) is 12.9. The average Bonchev–Trinajstić information content (AvgIpc) is 3.19. The predicted molar refractivity (Wildman–Crippen MR) is 121 cm³/mol. The monoisotopic (exact) mass is 426 g/mol. The molecule has 3 unspecified atom stereocenters. The molecule has 4 heteroatoms. The molecule has 3 fully saturated rings. The van der Waals surface area contributed by atoms with Crippen molar-refractivity contribution < 1.29 is 19.8 Å². The molecule has 0 amide bonds. The van der Waals surface area contributed by atoms with Crippen molar-refractivity contribution in [2.75, 3.05) is 0 Å². The van der Waals surface area contributed by atoms with Crippen LogP contribution in [0.3, 0.4) is 0 Å². The molecule has 3 aliphatic rings. The van der Waals surface area contributed by atoms with Crippen LogP contribution in [0, 0.1) is 58.7 Å². The minimum atomic E-state index is -0.813. The Labute approximate surface area is 187 Å². The van der Waals surface area contributed by atoms with Gasteiger partial charge in [-0.1, -0.05) is 32.1 Å². The molecule has 4 nitrogen and oxygen atoms in total. The van der Waals surface area contributed by atoms with Gasteiger partial charge in [-0.2, -0.15) is 0 Å². The Morgan fingerprint density at radius 1 is 1.10 bits per heavy atom. The van der Waals surface area contributed by atoms with Gasteiger partial charge in [-0.25, -0.2) is 0 Å². The molecule has 3 rings (SSSR count). The van der Waals surface area contributed by atoms with Gasteiger partial charge in [-0.3, -0.25) is 9.59 Å². The summed E-state index contributed by atoms with van der Waals surface area (Å²) in [4.78, 5) is 24.0. The van der Waals surface area contributed by atoms with Crippen LogP contribution in [0.15, 0.2) is 0 Å². The van der Waals surface area contributed by atoms with E-state index in [1.807, 2.05) is 6.92 Å². The second-order valence-electron chi connectivity index (χ2n) is 10.2. The van der Waals surface area contributed by atoms with E-state index < -0.39 is 12.1 Å². The summed E-state index contributed by atoms with van der Waals surface area (Å²) in [6, 6.07) is 0. The van der Waals surface area contributed by atoms with Gasteiger partial charge in [-0.15, -0.1) is 17.8 Å². The Bertz CT molecular complexity index is 771. The van der Waals surface area contributed by atoms with Crippen LogP contribution in [0.2, 0.25) is 0 Å². The van der Waals surface area contributed by atoms with Crippen LogP contribution in [-0.4, -0.2) is 28.1 Å². The standard InChI is InChI=1S/C27H38O4/c1-3-4-10-19(2)13-14-23(28)26-21-18-27(15-8-5-9-16-27)22(20(21)17-24(26)29)11-6-7-12-25(30)31/h19-22,24,26,29H,5,7-10,12-18H2,1-2H3,(H,30,31)/t19?,20?,21?,22-,24-,26+/m0/s1. The van der Waals surface area contributed by atoms with E-state index in [9.17, 15) is 14.7 Å². The van der Waals surface area contributed by atoms with E-state index >= 15 is 0 Å². The fraction of sp³-hybridized carbons (Fsp3) is 0.778. The van der Waals surface area contributed by atoms with Gasteiger partial charge in [0, 0.05) is 31.1 Å². The number of carboxylic acid groups (broad SMARTS) is 1. The molecular formula is C27H38O4. The van der Waals surface area contributed by atoms with E-state index in [2.05, 4.69) is 30.6 Å². The van der Waals surface area contributed by atoms with Gasteiger partial charge in [0.15, 0.2) is 0 Å². The van der Waals surface area contributed by atoms with Gasteiger partial charge in [-0.05, 0) is 62.2 Å². The maximum Gasteiger partial charge on any atom is 0.304 e. The number of fused-ring (bicyclic) bond motifs is 1. The first-order valence-corrected chi connectivity index (χ1v) is 12.2. The van der Waals surface area contributed by atoms with Crippen LogP contribution < -0.4 is 0 Å². The van der Waals surface area contributed by atoms with Crippen molar-refractivity contribution in [2.45, 2.75) is 97.0 Å². The summed E-state index contributed by atoms with van der Waals surface area (Å²) >= 11 is 0. The molecule has 2 N–H and O–H groups in total. The van der Waals surface area contributed by atoms with E-state index in [0.29, 0.717) is 25.2 Å². The van der Waals surface area contributed by atoms with Crippen LogP contribution >= 0.6 is 0 Å². The lowest BCUT2D eigenvalue weighted by molar-refractivity contribution is -0.136. The summed E-state index contributed by atoms with van der Waals surface area (Å²) in [6.07, 6.45) is 9.73. The summed E-state index contributed by atoms with van der Waals surface area (Å²) in [5, 5.41) is 19.8. The molecule has 3 aliphatic carbocycles. The minimum Gasteiger partial charge on any atom is -0.481 e. The van der Waals surface area contributed by atoms with Gasteiger partial charge < -0.3 is 10.2 Å². The third kappa shape index (κ3) is 5.53. The Kier molecular flexibility index (Phi) is 8.23. The lowest BCUT2D eigenvalue weighted by atomic mass is 9.65. The normalized spacial score (nSPS) is 31.8. The van der Waals surface area contributed by atoms with Crippen molar-refractivity contribution in [1.82, 2.24) is 0 Å². The molecule has 0 aliphatic heterocycles. The molecule has 1 spiro atoms. The fourth-order valence-corrected chi connectivity index (χ4v) is 6.63. The highest BCUT2D eigenvalue weighted by Gasteiger charge is 2.60. The summed E-state index contributed by atoms with van der Waals surface area (Å²) in [6.45, 7) is 3.98. The number of carbonyl (C=O) groups excluding carboxylic acids is 1. The maximum absolute atomic E-state index is 13.2. The zero-order valence-corrected chi connectivity index (χ0v) is 19.2. The second kappa shape index (κ2) is 10.7. The molecule has 0 radical (unpaired) electrons. The highest BCUT2D eigenvalue weighted by molar-refractivity contribution is 5.82. The number of hydrogen-bond acceptors (Lipinski definition) is 3. The summed E-state index contributed by atoms with van der Waals surface area (Å²) in [5.41, 5.74) is 0.159. The SMILES string of the molecule is CC#CCC(C)CCC(=O)[C@H]1C2CC3(CCCCC3)[C@@H](C#CCCC(=O)O)C2C[C@@H]1O. The zero-order chi connectivity index (χ0) is 22.4. The molecule has 0 bridgehead atoms. The molecule has 31 heavy (non-hydrogen) atoms. The van der Waals surface area contributed by atoms with Crippen molar-refractivity contribution in [1.29, 1.82) is 0 Å². The van der Waals surface area contributed by atoms with Crippen molar-refractivity contribution in [2.24, 2.45) is 35.0 Å². The number of aliphatic hydroxyl groups is 1.